The number of carbonyl (C=O) groups is 2. The molecular weight excluding hydrogens is 441 g/mol. The summed E-state index contributed by atoms with van der Waals surface area (Å²) in [6.45, 7) is 1.93. The number of aliphatic hydroxyl groups is 1. The summed E-state index contributed by atoms with van der Waals surface area (Å²) in [7, 11) is 0. The van der Waals surface area contributed by atoms with Crippen molar-refractivity contribution in [3.8, 4) is 10.6 Å². The van der Waals surface area contributed by atoms with Gasteiger partial charge in [-0.25, -0.2) is 9.97 Å². The molecule has 0 radical (unpaired) electrons. The van der Waals surface area contributed by atoms with E-state index in [-0.39, 0.29) is 43.1 Å². The van der Waals surface area contributed by atoms with Gasteiger partial charge in [0.05, 0.1) is 28.8 Å². The Balaban J connectivity index is 1.52. The van der Waals surface area contributed by atoms with Crippen molar-refractivity contribution in [2.24, 2.45) is 5.73 Å². The van der Waals surface area contributed by atoms with E-state index in [9.17, 15) is 27.9 Å². The first-order chi connectivity index (χ1) is 14.0. The van der Waals surface area contributed by atoms with Gasteiger partial charge in [-0.05, 0) is 26.2 Å². The zero-order valence-electron chi connectivity index (χ0n) is 15.9. The van der Waals surface area contributed by atoms with Crippen molar-refractivity contribution in [3.63, 3.8) is 0 Å². The van der Waals surface area contributed by atoms with Crippen LogP contribution in [0.2, 0.25) is 0 Å². The Kier molecular flexibility index (Phi) is 5.14. The van der Waals surface area contributed by atoms with E-state index in [1.54, 1.807) is 12.3 Å². The van der Waals surface area contributed by atoms with E-state index in [0.717, 1.165) is 11.3 Å². The van der Waals surface area contributed by atoms with Gasteiger partial charge in [0.2, 0.25) is 11.8 Å². The summed E-state index contributed by atoms with van der Waals surface area (Å²) in [5.41, 5.74) is 4.46. The molecule has 2 fully saturated rings. The number of aryl methyl sites for hydroxylation is 1. The maximum atomic E-state index is 13.3. The summed E-state index contributed by atoms with van der Waals surface area (Å²) in [5, 5.41) is 12.0. The van der Waals surface area contributed by atoms with Gasteiger partial charge in [-0.15, -0.1) is 22.7 Å². The van der Waals surface area contributed by atoms with Crippen LogP contribution in [0, 0.1) is 6.92 Å². The topological polar surface area (TPSA) is 109 Å². The van der Waals surface area contributed by atoms with Crippen molar-refractivity contribution in [2.75, 3.05) is 6.54 Å². The second-order valence-electron chi connectivity index (χ2n) is 7.61. The van der Waals surface area contributed by atoms with Gasteiger partial charge in [0.15, 0.2) is 0 Å². The maximum absolute atomic E-state index is 13.3. The number of rotatable bonds is 5. The predicted octanol–water partition coefficient (Wildman–Crippen LogP) is 2.16. The van der Waals surface area contributed by atoms with Crippen molar-refractivity contribution in [3.05, 3.63) is 21.1 Å². The van der Waals surface area contributed by atoms with Crippen LogP contribution < -0.4 is 5.73 Å². The molecule has 2 aliphatic rings. The zero-order valence-corrected chi connectivity index (χ0v) is 17.5. The Morgan fingerprint density at radius 1 is 1.37 bits per heavy atom. The standard InChI is InChI=1S/C18H19F3N4O3S2/c1-8-14(9-7-29-16(24-9)17(3-4-17)18(19,20)21)30-11(23-8)6-12(27)25-5-2-10(26)13(25)15(22)28/h7,10,13,26H,2-6H2,1H3,(H2,22,28)/t10-,13+/m1/s1. The molecule has 12 heteroatoms. The number of halogens is 3. The molecule has 1 saturated carbocycles. The van der Waals surface area contributed by atoms with Crippen LogP contribution in [0.5, 0.6) is 0 Å². The highest BCUT2D eigenvalue weighted by atomic mass is 32.1. The highest BCUT2D eigenvalue weighted by Crippen LogP contribution is 2.59. The van der Waals surface area contributed by atoms with E-state index in [1.165, 1.54) is 16.2 Å². The van der Waals surface area contributed by atoms with Gasteiger partial charge < -0.3 is 15.7 Å². The van der Waals surface area contributed by atoms with E-state index in [2.05, 4.69) is 9.97 Å². The Labute approximate surface area is 177 Å². The van der Waals surface area contributed by atoms with Crippen LogP contribution in [0.4, 0.5) is 13.2 Å². The second kappa shape index (κ2) is 7.27. The zero-order chi connectivity index (χ0) is 21.8. The average molecular weight is 461 g/mol. The minimum atomic E-state index is -4.32. The summed E-state index contributed by atoms with van der Waals surface area (Å²) in [5.74, 6) is -1.15. The monoisotopic (exact) mass is 460 g/mol. The highest BCUT2D eigenvalue weighted by Gasteiger charge is 2.66. The van der Waals surface area contributed by atoms with Gasteiger partial charge >= 0.3 is 6.18 Å². The summed E-state index contributed by atoms with van der Waals surface area (Å²) >= 11 is 2.18. The molecule has 162 valence electrons. The van der Waals surface area contributed by atoms with Crippen molar-refractivity contribution in [1.82, 2.24) is 14.9 Å². The molecule has 0 bridgehead atoms. The molecule has 0 aromatic carbocycles. The quantitative estimate of drug-likeness (QED) is 0.711. The van der Waals surface area contributed by atoms with Gasteiger partial charge in [0, 0.05) is 11.9 Å². The fourth-order valence-corrected chi connectivity index (χ4v) is 5.92. The molecule has 1 saturated heterocycles. The van der Waals surface area contributed by atoms with E-state index in [1.807, 2.05) is 0 Å². The average Bonchev–Trinajstić information content (AvgIpc) is 2.98. The minimum absolute atomic E-state index is 0.0492. The smallest absolute Gasteiger partial charge is 0.390 e. The second-order valence-corrected chi connectivity index (χ2v) is 9.55. The number of nitrogens with two attached hydrogens (primary N) is 1. The number of carbonyl (C=O) groups excluding carboxylic acids is 2. The Hall–Kier alpha value is -2.05. The van der Waals surface area contributed by atoms with E-state index in [4.69, 9.17) is 5.73 Å². The van der Waals surface area contributed by atoms with Gasteiger partial charge in [-0.2, -0.15) is 13.2 Å². The SMILES string of the molecule is Cc1nc(CC(=O)N2CC[C@@H](O)[C@H]2C(N)=O)sc1-c1csc(C2(C(F)(F)F)CC2)n1. The van der Waals surface area contributed by atoms with Gasteiger partial charge in [0.1, 0.15) is 21.5 Å². The van der Waals surface area contributed by atoms with Crippen LogP contribution in [0.25, 0.3) is 10.6 Å². The van der Waals surface area contributed by atoms with E-state index in [0.29, 0.717) is 21.3 Å². The lowest BCUT2D eigenvalue weighted by molar-refractivity contribution is -0.160. The molecule has 7 nitrogen and oxygen atoms in total. The van der Waals surface area contributed by atoms with Crippen LogP contribution in [-0.2, 0) is 21.4 Å². The number of aromatic nitrogens is 2. The summed E-state index contributed by atoms with van der Waals surface area (Å²) in [4.78, 5) is 34.6. The molecule has 0 unspecified atom stereocenters. The Bertz CT molecular complexity index is 999. The third-order valence-corrected chi connectivity index (χ3v) is 7.79. The van der Waals surface area contributed by atoms with Gasteiger partial charge in [-0.3, -0.25) is 9.59 Å². The minimum Gasteiger partial charge on any atom is -0.390 e. The Morgan fingerprint density at radius 3 is 2.67 bits per heavy atom. The van der Waals surface area contributed by atoms with Crippen molar-refractivity contribution < 1.29 is 27.9 Å². The van der Waals surface area contributed by atoms with Crippen LogP contribution in [-0.4, -0.2) is 56.7 Å². The van der Waals surface area contributed by atoms with Gasteiger partial charge in [0.25, 0.3) is 0 Å². The lowest BCUT2D eigenvalue weighted by Crippen LogP contribution is -2.48. The summed E-state index contributed by atoms with van der Waals surface area (Å²) < 4.78 is 40.0. The normalized spacial score (nSPS) is 23.0. The molecule has 1 aliphatic heterocycles. The molecule has 2 atom stereocenters. The number of amides is 2. The van der Waals surface area contributed by atoms with Crippen LogP contribution in [0.1, 0.15) is 35.0 Å². The Morgan fingerprint density at radius 2 is 2.07 bits per heavy atom. The predicted molar refractivity (Wildman–Crippen MR) is 104 cm³/mol. The lowest BCUT2D eigenvalue weighted by Gasteiger charge is -2.23. The van der Waals surface area contributed by atoms with Crippen molar-refractivity contribution >= 4 is 34.5 Å². The van der Waals surface area contributed by atoms with Crippen LogP contribution in [0.3, 0.4) is 0 Å². The number of hydrogen-bond acceptors (Lipinski definition) is 7. The number of thiazole rings is 2. The van der Waals surface area contributed by atoms with E-state index >= 15 is 0 Å². The molecule has 0 spiro atoms. The van der Waals surface area contributed by atoms with Crippen molar-refractivity contribution in [1.29, 1.82) is 0 Å². The van der Waals surface area contributed by atoms with E-state index < -0.39 is 29.6 Å². The first-order valence-corrected chi connectivity index (χ1v) is 11.0. The summed E-state index contributed by atoms with van der Waals surface area (Å²) in [6.07, 6.45) is -5.03. The fourth-order valence-electron chi connectivity index (χ4n) is 3.74. The molecule has 2 aromatic rings. The first kappa shape index (κ1) is 21.2. The van der Waals surface area contributed by atoms with Crippen molar-refractivity contribution in [2.45, 2.75) is 56.3 Å². The molecular formula is C18H19F3N4O3S2. The number of nitrogens with zero attached hydrogens (tertiary/aromatic N) is 3. The molecule has 4 rings (SSSR count). The first-order valence-electron chi connectivity index (χ1n) is 9.30. The fraction of sp³-hybridized carbons (Fsp3) is 0.556. The lowest BCUT2D eigenvalue weighted by atomic mass is 10.1. The molecule has 3 N–H and O–H groups in total. The van der Waals surface area contributed by atoms with Gasteiger partial charge in [-0.1, -0.05) is 0 Å². The van der Waals surface area contributed by atoms with Crippen LogP contribution in [0.15, 0.2) is 5.38 Å². The number of hydrogen-bond donors (Lipinski definition) is 2. The third-order valence-electron chi connectivity index (χ3n) is 5.56. The maximum Gasteiger partial charge on any atom is 0.400 e. The molecule has 30 heavy (non-hydrogen) atoms. The number of aliphatic hydroxyl groups excluding tert-OH is 1. The molecule has 1 aliphatic carbocycles. The highest BCUT2D eigenvalue weighted by molar-refractivity contribution is 7.16. The molecule has 2 aromatic heterocycles. The number of likely N-dealkylation sites (tertiary alicyclic amines) is 1. The molecule has 2 amide bonds. The van der Waals surface area contributed by atoms with Crippen LogP contribution >= 0.6 is 22.7 Å². The largest absolute Gasteiger partial charge is 0.400 e. The molecule has 3 heterocycles. The number of alkyl halides is 3. The number of primary amides is 1. The third kappa shape index (κ3) is 3.50. The summed E-state index contributed by atoms with van der Waals surface area (Å²) in [6, 6.07) is -1.06.